The van der Waals surface area contributed by atoms with Crippen molar-refractivity contribution in [1.82, 2.24) is 10.6 Å². The molecular weight excluding hydrogens is 382 g/mol. The molecule has 0 fully saturated rings. The normalized spacial score (nSPS) is 10.8. The van der Waals surface area contributed by atoms with Gasteiger partial charge in [0.05, 0.1) is 28.8 Å². The number of rotatable bonds is 8. The average Bonchev–Trinajstić information content (AvgIpc) is 2.70. The Bertz CT molecular complexity index is 973. The van der Waals surface area contributed by atoms with E-state index in [-0.39, 0.29) is 33.4 Å². The number of benzene rings is 2. The lowest BCUT2D eigenvalue weighted by atomic mass is 10.1. The highest BCUT2D eigenvalue weighted by Gasteiger charge is 2.21. The van der Waals surface area contributed by atoms with E-state index in [1.165, 1.54) is 44.5 Å². The van der Waals surface area contributed by atoms with Crippen LogP contribution in [0.1, 0.15) is 34.1 Å². The van der Waals surface area contributed by atoms with E-state index < -0.39 is 15.9 Å². The van der Waals surface area contributed by atoms with Gasteiger partial charge in [-0.05, 0) is 36.8 Å². The molecule has 0 atom stereocenters. The van der Waals surface area contributed by atoms with Crippen molar-refractivity contribution in [3.8, 4) is 5.75 Å². The van der Waals surface area contributed by atoms with Crippen LogP contribution < -0.4 is 20.1 Å². The van der Waals surface area contributed by atoms with E-state index in [2.05, 4.69) is 15.4 Å². The maximum Gasteiger partial charge on any atom is 0.261 e. The SMILES string of the molecule is CCCNC(=O)c1ccccc1NS(=O)(=O)c1ccc(OC)c(C(=O)NC)c1. The summed E-state index contributed by atoms with van der Waals surface area (Å²) in [6, 6.07) is 10.3. The van der Waals surface area contributed by atoms with E-state index in [1.54, 1.807) is 12.1 Å². The Kier molecular flexibility index (Phi) is 7.00. The third-order valence-electron chi connectivity index (χ3n) is 3.90. The number of carbonyl (C=O) groups excluding carboxylic acids is 2. The van der Waals surface area contributed by atoms with Crippen LogP contribution in [0.25, 0.3) is 0 Å². The van der Waals surface area contributed by atoms with Crippen molar-refractivity contribution in [2.45, 2.75) is 18.2 Å². The first kappa shape index (κ1) is 21.2. The maximum atomic E-state index is 12.8. The molecule has 2 aromatic rings. The molecule has 0 heterocycles. The van der Waals surface area contributed by atoms with Gasteiger partial charge in [-0.1, -0.05) is 19.1 Å². The Morgan fingerprint density at radius 2 is 1.75 bits per heavy atom. The quantitative estimate of drug-likeness (QED) is 0.622. The maximum absolute atomic E-state index is 12.8. The number of carbonyl (C=O) groups is 2. The van der Waals surface area contributed by atoms with Crippen LogP contribution in [0.4, 0.5) is 5.69 Å². The molecule has 0 saturated heterocycles. The first-order valence-electron chi connectivity index (χ1n) is 8.64. The number of para-hydroxylation sites is 1. The van der Waals surface area contributed by atoms with Crippen molar-refractivity contribution in [3.63, 3.8) is 0 Å². The largest absolute Gasteiger partial charge is 0.496 e. The predicted octanol–water partition coefficient (Wildman–Crippen LogP) is 2.00. The van der Waals surface area contributed by atoms with E-state index in [4.69, 9.17) is 4.74 Å². The fraction of sp³-hybridized carbons (Fsp3) is 0.263. The molecule has 0 aliphatic heterocycles. The van der Waals surface area contributed by atoms with Crippen molar-refractivity contribution >= 4 is 27.5 Å². The number of sulfonamides is 1. The number of hydrogen-bond donors (Lipinski definition) is 3. The molecule has 0 aliphatic carbocycles. The molecule has 0 aromatic heterocycles. The van der Waals surface area contributed by atoms with Crippen molar-refractivity contribution in [1.29, 1.82) is 0 Å². The van der Waals surface area contributed by atoms with Gasteiger partial charge in [0.1, 0.15) is 5.75 Å². The first-order valence-corrected chi connectivity index (χ1v) is 10.1. The van der Waals surface area contributed by atoms with Gasteiger partial charge >= 0.3 is 0 Å². The minimum absolute atomic E-state index is 0.0850. The van der Waals surface area contributed by atoms with E-state index >= 15 is 0 Å². The summed E-state index contributed by atoms with van der Waals surface area (Å²) in [5, 5.41) is 5.16. The highest BCUT2D eigenvalue weighted by atomic mass is 32.2. The minimum atomic E-state index is -4.04. The predicted molar refractivity (Wildman–Crippen MR) is 106 cm³/mol. The van der Waals surface area contributed by atoms with Crippen LogP contribution in [-0.4, -0.2) is 40.9 Å². The zero-order valence-electron chi connectivity index (χ0n) is 15.9. The van der Waals surface area contributed by atoms with Gasteiger partial charge in [0.15, 0.2) is 0 Å². The second-order valence-corrected chi connectivity index (χ2v) is 7.53. The molecule has 0 bridgehead atoms. The van der Waals surface area contributed by atoms with Gasteiger partial charge < -0.3 is 15.4 Å². The van der Waals surface area contributed by atoms with Crippen LogP contribution in [0.5, 0.6) is 5.75 Å². The Morgan fingerprint density at radius 1 is 1.04 bits per heavy atom. The molecule has 28 heavy (non-hydrogen) atoms. The molecule has 0 unspecified atom stereocenters. The number of methoxy groups -OCH3 is 1. The van der Waals surface area contributed by atoms with Crippen LogP contribution in [0, 0.1) is 0 Å². The summed E-state index contributed by atoms with van der Waals surface area (Å²) in [7, 11) is -1.22. The van der Waals surface area contributed by atoms with Crippen molar-refractivity contribution in [2.24, 2.45) is 0 Å². The zero-order chi connectivity index (χ0) is 20.7. The van der Waals surface area contributed by atoms with Gasteiger partial charge in [-0.15, -0.1) is 0 Å². The van der Waals surface area contributed by atoms with Crippen molar-refractivity contribution in [2.75, 3.05) is 25.4 Å². The molecule has 0 saturated carbocycles. The standard InChI is InChI=1S/C19H23N3O5S/c1-4-11-21-19(24)14-7-5-6-8-16(14)22-28(25,26)13-9-10-17(27-3)15(12-13)18(23)20-2/h5-10,12,22H,4,11H2,1-3H3,(H,20,23)(H,21,24). The number of hydrogen-bond acceptors (Lipinski definition) is 5. The summed E-state index contributed by atoms with van der Waals surface area (Å²) in [6.45, 7) is 2.40. The number of amides is 2. The summed E-state index contributed by atoms with van der Waals surface area (Å²) < 4.78 is 33.2. The topological polar surface area (TPSA) is 114 Å². The second-order valence-electron chi connectivity index (χ2n) is 5.85. The Morgan fingerprint density at radius 3 is 2.39 bits per heavy atom. The second kappa shape index (κ2) is 9.23. The van der Waals surface area contributed by atoms with Crippen LogP contribution >= 0.6 is 0 Å². The Hall–Kier alpha value is -3.07. The van der Waals surface area contributed by atoms with E-state index in [0.29, 0.717) is 6.54 Å². The molecule has 0 spiro atoms. The van der Waals surface area contributed by atoms with Gasteiger partial charge in [0.25, 0.3) is 21.8 Å². The first-order chi connectivity index (χ1) is 13.3. The molecule has 2 amide bonds. The van der Waals surface area contributed by atoms with Gasteiger partial charge in [-0.3, -0.25) is 14.3 Å². The average molecular weight is 405 g/mol. The highest BCUT2D eigenvalue weighted by molar-refractivity contribution is 7.92. The summed E-state index contributed by atoms with van der Waals surface area (Å²) in [6.07, 6.45) is 0.758. The number of ether oxygens (including phenoxy) is 1. The number of nitrogens with one attached hydrogen (secondary N) is 3. The lowest BCUT2D eigenvalue weighted by molar-refractivity contribution is 0.0948. The Labute approximate surface area is 164 Å². The summed E-state index contributed by atoms with van der Waals surface area (Å²) in [5.41, 5.74) is 0.440. The number of anilines is 1. The Balaban J connectivity index is 2.40. The summed E-state index contributed by atoms with van der Waals surface area (Å²) in [4.78, 5) is 24.2. The minimum Gasteiger partial charge on any atom is -0.496 e. The zero-order valence-corrected chi connectivity index (χ0v) is 16.7. The van der Waals surface area contributed by atoms with E-state index in [1.807, 2.05) is 6.92 Å². The summed E-state index contributed by atoms with van der Waals surface area (Å²) in [5.74, 6) is -0.605. The molecule has 0 aliphatic rings. The molecule has 0 radical (unpaired) electrons. The fourth-order valence-electron chi connectivity index (χ4n) is 2.47. The van der Waals surface area contributed by atoms with Gasteiger partial charge in [-0.25, -0.2) is 8.42 Å². The monoisotopic (exact) mass is 405 g/mol. The van der Waals surface area contributed by atoms with Gasteiger partial charge in [0.2, 0.25) is 0 Å². The molecule has 3 N–H and O–H groups in total. The van der Waals surface area contributed by atoms with Crippen LogP contribution in [0.2, 0.25) is 0 Å². The lowest BCUT2D eigenvalue weighted by Crippen LogP contribution is -2.26. The molecular formula is C19H23N3O5S. The molecule has 2 aromatic carbocycles. The lowest BCUT2D eigenvalue weighted by Gasteiger charge is -2.14. The van der Waals surface area contributed by atoms with Gasteiger partial charge in [-0.2, -0.15) is 0 Å². The van der Waals surface area contributed by atoms with Crippen molar-refractivity contribution in [3.05, 3.63) is 53.6 Å². The smallest absolute Gasteiger partial charge is 0.261 e. The third kappa shape index (κ3) is 4.80. The third-order valence-corrected chi connectivity index (χ3v) is 5.27. The van der Waals surface area contributed by atoms with E-state index in [0.717, 1.165) is 6.42 Å². The molecule has 2 rings (SSSR count). The molecule has 9 heteroatoms. The van der Waals surface area contributed by atoms with Crippen LogP contribution in [-0.2, 0) is 10.0 Å². The van der Waals surface area contributed by atoms with Crippen LogP contribution in [0.15, 0.2) is 47.4 Å². The van der Waals surface area contributed by atoms with Gasteiger partial charge in [0, 0.05) is 13.6 Å². The molecule has 8 nitrogen and oxygen atoms in total. The molecule has 150 valence electrons. The van der Waals surface area contributed by atoms with Crippen LogP contribution in [0.3, 0.4) is 0 Å². The highest BCUT2D eigenvalue weighted by Crippen LogP contribution is 2.25. The van der Waals surface area contributed by atoms with Crippen molar-refractivity contribution < 1.29 is 22.7 Å². The van der Waals surface area contributed by atoms with E-state index in [9.17, 15) is 18.0 Å². The summed E-state index contributed by atoms with van der Waals surface area (Å²) >= 11 is 0. The fourth-order valence-corrected chi connectivity index (χ4v) is 3.58.